The highest BCUT2D eigenvalue weighted by Gasteiger charge is 2.18. The van der Waals surface area contributed by atoms with Gasteiger partial charge in [0.15, 0.2) is 0 Å². The van der Waals surface area contributed by atoms with Crippen molar-refractivity contribution in [2.75, 3.05) is 0 Å². The first-order valence-electron chi connectivity index (χ1n) is 10.2. The maximum absolute atomic E-state index is 2.40. The van der Waals surface area contributed by atoms with Crippen LogP contribution in [0.3, 0.4) is 0 Å². The molecule has 0 aliphatic heterocycles. The van der Waals surface area contributed by atoms with E-state index < -0.39 is 0 Å². The highest BCUT2D eigenvalue weighted by molar-refractivity contribution is 6.10. The Hall–Kier alpha value is -3.32. The van der Waals surface area contributed by atoms with Crippen molar-refractivity contribution in [2.45, 2.75) is 26.2 Å². The molecule has 1 heterocycles. The van der Waals surface area contributed by atoms with Gasteiger partial charge < -0.3 is 4.57 Å². The van der Waals surface area contributed by atoms with Crippen LogP contribution in [0, 0.1) is 0 Å². The Morgan fingerprint density at radius 1 is 0.552 bits per heavy atom. The lowest BCUT2D eigenvalue weighted by Crippen LogP contribution is -2.10. The van der Waals surface area contributed by atoms with Gasteiger partial charge in [0.1, 0.15) is 0 Å². The van der Waals surface area contributed by atoms with E-state index in [9.17, 15) is 0 Å². The number of aromatic nitrogens is 1. The topological polar surface area (TPSA) is 4.93 Å². The molecular weight excluding hydrogens is 350 g/mol. The molecule has 1 heteroatoms. The first-order valence-corrected chi connectivity index (χ1v) is 10.2. The fourth-order valence-corrected chi connectivity index (χ4v) is 4.15. The van der Waals surface area contributed by atoms with Gasteiger partial charge in [0.25, 0.3) is 0 Å². The highest BCUT2D eigenvalue weighted by atomic mass is 15.0. The van der Waals surface area contributed by atoms with E-state index in [2.05, 4.69) is 122 Å². The van der Waals surface area contributed by atoms with Gasteiger partial charge in [-0.2, -0.15) is 0 Å². The van der Waals surface area contributed by atoms with Crippen molar-refractivity contribution >= 4 is 21.8 Å². The molecule has 5 aromatic rings. The molecule has 0 spiro atoms. The molecule has 0 unspecified atom stereocenters. The first-order chi connectivity index (χ1) is 14.0. The number of benzene rings is 4. The third kappa shape index (κ3) is 3.03. The van der Waals surface area contributed by atoms with Crippen LogP contribution in [0.25, 0.3) is 38.6 Å². The van der Waals surface area contributed by atoms with Crippen LogP contribution in [-0.2, 0) is 5.41 Å². The van der Waals surface area contributed by atoms with E-state index in [1.54, 1.807) is 0 Å². The van der Waals surface area contributed by atoms with Crippen LogP contribution >= 0.6 is 0 Å². The molecule has 0 N–H and O–H groups in total. The first kappa shape index (κ1) is 17.8. The van der Waals surface area contributed by atoms with Gasteiger partial charge in [0.2, 0.25) is 0 Å². The number of hydrogen-bond donors (Lipinski definition) is 0. The maximum atomic E-state index is 2.40. The van der Waals surface area contributed by atoms with Crippen molar-refractivity contribution in [3.63, 3.8) is 0 Å². The van der Waals surface area contributed by atoms with Crippen molar-refractivity contribution in [1.29, 1.82) is 0 Å². The molecule has 0 fully saturated rings. The fourth-order valence-electron chi connectivity index (χ4n) is 4.15. The Bertz CT molecular complexity index is 1300. The molecule has 0 aliphatic carbocycles. The zero-order valence-electron chi connectivity index (χ0n) is 17.2. The Labute approximate surface area is 172 Å². The lowest BCUT2D eigenvalue weighted by atomic mass is 9.86. The molecule has 0 saturated carbocycles. The van der Waals surface area contributed by atoms with E-state index in [1.807, 2.05) is 0 Å². The molecule has 0 saturated heterocycles. The van der Waals surface area contributed by atoms with Gasteiger partial charge in [-0.05, 0) is 52.4 Å². The minimum atomic E-state index is 0.112. The van der Waals surface area contributed by atoms with Crippen LogP contribution in [-0.4, -0.2) is 4.57 Å². The molecule has 0 atom stereocenters. The Morgan fingerprint density at radius 3 is 1.93 bits per heavy atom. The summed E-state index contributed by atoms with van der Waals surface area (Å²) < 4.78 is 2.40. The highest BCUT2D eigenvalue weighted by Crippen LogP contribution is 2.37. The van der Waals surface area contributed by atoms with Gasteiger partial charge in [-0.1, -0.05) is 87.5 Å². The van der Waals surface area contributed by atoms with Gasteiger partial charge >= 0.3 is 0 Å². The molecule has 4 aromatic carbocycles. The van der Waals surface area contributed by atoms with Crippen molar-refractivity contribution in [1.82, 2.24) is 4.57 Å². The number of rotatable bonds is 2. The second-order valence-corrected chi connectivity index (χ2v) is 8.75. The number of hydrogen-bond acceptors (Lipinski definition) is 0. The van der Waals surface area contributed by atoms with Crippen LogP contribution in [0.2, 0.25) is 0 Å². The van der Waals surface area contributed by atoms with E-state index in [4.69, 9.17) is 0 Å². The van der Waals surface area contributed by atoms with Crippen LogP contribution < -0.4 is 0 Å². The van der Waals surface area contributed by atoms with Crippen LogP contribution in [0.1, 0.15) is 26.3 Å². The van der Waals surface area contributed by atoms with E-state index in [0.717, 1.165) is 0 Å². The van der Waals surface area contributed by atoms with Gasteiger partial charge in [-0.3, -0.25) is 0 Å². The summed E-state index contributed by atoms with van der Waals surface area (Å²) in [4.78, 5) is 0. The van der Waals surface area contributed by atoms with E-state index in [0.29, 0.717) is 0 Å². The molecule has 1 aromatic heterocycles. The minimum absolute atomic E-state index is 0.112. The third-order valence-corrected chi connectivity index (χ3v) is 5.75. The Morgan fingerprint density at radius 2 is 1.24 bits per heavy atom. The van der Waals surface area contributed by atoms with Crippen molar-refractivity contribution in [3.8, 4) is 16.8 Å². The van der Waals surface area contributed by atoms with Crippen molar-refractivity contribution in [3.05, 3.63) is 103 Å². The molecule has 29 heavy (non-hydrogen) atoms. The smallest absolute Gasteiger partial charge is 0.0544 e. The number of para-hydroxylation sites is 1. The molecule has 5 rings (SSSR count). The summed E-state index contributed by atoms with van der Waals surface area (Å²) in [6.07, 6.45) is 0. The van der Waals surface area contributed by atoms with E-state index >= 15 is 0 Å². The second kappa shape index (κ2) is 6.63. The summed E-state index contributed by atoms with van der Waals surface area (Å²) in [6, 6.07) is 35.1. The molecule has 142 valence electrons. The van der Waals surface area contributed by atoms with Gasteiger partial charge in [0, 0.05) is 16.5 Å². The van der Waals surface area contributed by atoms with Crippen molar-refractivity contribution in [2.24, 2.45) is 0 Å². The predicted octanol–water partition coefficient (Wildman–Crippen LogP) is 7.75. The minimum Gasteiger partial charge on any atom is -0.309 e. The number of fused-ring (bicyclic) bond motifs is 3. The zero-order chi connectivity index (χ0) is 20.0. The van der Waals surface area contributed by atoms with Gasteiger partial charge in [-0.25, -0.2) is 0 Å². The summed E-state index contributed by atoms with van der Waals surface area (Å²) in [7, 11) is 0. The SMILES string of the molecule is CC(C)(C)c1ccc2c3cc(-c4ccccc4)ccc3n(-c3ccccc3)c2c1. The average molecular weight is 376 g/mol. The Balaban J connectivity index is 1.86. The normalized spacial score (nSPS) is 12.0. The molecule has 0 amide bonds. The number of nitrogens with zero attached hydrogens (tertiary/aromatic N) is 1. The summed E-state index contributed by atoms with van der Waals surface area (Å²) in [5.74, 6) is 0. The summed E-state index contributed by atoms with van der Waals surface area (Å²) in [6.45, 7) is 6.82. The van der Waals surface area contributed by atoms with E-state index in [1.165, 1.54) is 44.2 Å². The lowest BCUT2D eigenvalue weighted by molar-refractivity contribution is 0.591. The van der Waals surface area contributed by atoms with Crippen LogP contribution in [0.4, 0.5) is 0 Å². The lowest BCUT2D eigenvalue weighted by Gasteiger charge is -2.19. The molecule has 0 bridgehead atoms. The third-order valence-electron chi connectivity index (χ3n) is 5.75. The molecule has 1 nitrogen and oxygen atoms in total. The summed E-state index contributed by atoms with van der Waals surface area (Å²) in [5, 5.41) is 2.60. The maximum Gasteiger partial charge on any atom is 0.0544 e. The summed E-state index contributed by atoms with van der Waals surface area (Å²) >= 11 is 0. The monoisotopic (exact) mass is 375 g/mol. The predicted molar refractivity (Wildman–Crippen MR) is 125 cm³/mol. The molecule has 0 radical (unpaired) electrons. The fraction of sp³-hybridized carbons (Fsp3) is 0.143. The van der Waals surface area contributed by atoms with Gasteiger partial charge in [0.05, 0.1) is 11.0 Å². The average Bonchev–Trinajstić information content (AvgIpc) is 3.07. The van der Waals surface area contributed by atoms with Gasteiger partial charge in [-0.15, -0.1) is 0 Å². The largest absolute Gasteiger partial charge is 0.309 e. The molecular formula is C28H25N. The zero-order valence-corrected chi connectivity index (χ0v) is 17.2. The quantitative estimate of drug-likeness (QED) is 0.297. The van der Waals surface area contributed by atoms with Crippen LogP contribution in [0.5, 0.6) is 0 Å². The van der Waals surface area contributed by atoms with Crippen molar-refractivity contribution < 1.29 is 0 Å². The standard InChI is InChI=1S/C28H25N/c1-28(2,3)22-15-16-24-25-18-21(20-10-6-4-7-11-20)14-17-26(25)29(27(24)19-22)23-12-8-5-9-13-23/h4-19H,1-3H3. The summed E-state index contributed by atoms with van der Waals surface area (Å²) in [5.41, 5.74) is 7.69. The molecule has 0 aliphatic rings. The Kier molecular flexibility index (Phi) is 4.06. The van der Waals surface area contributed by atoms with E-state index in [-0.39, 0.29) is 5.41 Å². The van der Waals surface area contributed by atoms with Crippen LogP contribution in [0.15, 0.2) is 97.1 Å². The second-order valence-electron chi connectivity index (χ2n) is 8.75.